The van der Waals surface area contributed by atoms with Gasteiger partial charge in [0.05, 0.1) is 0 Å². The minimum Gasteiger partial charge on any atom is -0.316 e. The van der Waals surface area contributed by atoms with Gasteiger partial charge < -0.3 is 5.01 Å². The van der Waals surface area contributed by atoms with E-state index in [-0.39, 0.29) is 0 Å². The van der Waals surface area contributed by atoms with Crippen LogP contribution >= 0.6 is 0 Å². The fourth-order valence-corrected chi connectivity index (χ4v) is 0.819. The lowest BCUT2D eigenvalue weighted by Gasteiger charge is -2.27. The highest BCUT2D eigenvalue weighted by atomic mass is 15.5. The van der Waals surface area contributed by atoms with Crippen LogP contribution in [0.25, 0.3) is 0 Å². The molecular formula is C6H12N2. The maximum atomic E-state index is 3.86. The van der Waals surface area contributed by atoms with Gasteiger partial charge in [-0.15, -0.1) is 0 Å². The summed E-state index contributed by atoms with van der Waals surface area (Å²) in [5.41, 5.74) is 4.36. The van der Waals surface area contributed by atoms with Gasteiger partial charge in [-0.1, -0.05) is 6.58 Å². The van der Waals surface area contributed by atoms with Crippen molar-refractivity contribution in [2.45, 2.75) is 12.8 Å². The first-order chi connectivity index (χ1) is 3.80. The lowest BCUT2D eigenvalue weighted by Crippen LogP contribution is -2.37. The summed E-state index contributed by atoms with van der Waals surface area (Å²) < 4.78 is 0. The molecule has 1 aliphatic heterocycles. The van der Waals surface area contributed by atoms with Crippen molar-refractivity contribution in [2.75, 3.05) is 13.6 Å². The molecule has 0 bridgehead atoms. The van der Waals surface area contributed by atoms with Crippen LogP contribution in [0.5, 0.6) is 0 Å². The highest BCUT2D eigenvalue weighted by Crippen LogP contribution is 2.07. The molecule has 2 heteroatoms. The molecule has 0 aliphatic carbocycles. The van der Waals surface area contributed by atoms with E-state index in [1.807, 2.05) is 12.1 Å². The third-order valence-electron chi connectivity index (χ3n) is 1.47. The molecule has 1 N–H and O–H groups in total. The highest BCUT2D eigenvalue weighted by molar-refractivity contribution is 4.92. The van der Waals surface area contributed by atoms with Crippen molar-refractivity contribution >= 4 is 0 Å². The molecule has 0 amide bonds. The van der Waals surface area contributed by atoms with Gasteiger partial charge in [0.25, 0.3) is 0 Å². The third-order valence-corrected chi connectivity index (χ3v) is 1.47. The first-order valence-electron chi connectivity index (χ1n) is 2.96. The Bertz CT molecular complexity index is 98.7. The predicted octanol–water partition coefficient (Wildman–Crippen LogP) is 0.730. The van der Waals surface area contributed by atoms with Gasteiger partial charge >= 0.3 is 0 Å². The first kappa shape index (κ1) is 5.63. The van der Waals surface area contributed by atoms with Gasteiger partial charge in [0.1, 0.15) is 0 Å². The Hall–Kier alpha value is -0.500. The number of nitrogens with one attached hydrogen (secondary N) is 1. The predicted molar refractivity (Wildman–Crippen MR) is 34.1 cm³/mol. The van der Waals surface area contributed by atoms with E-state index in [9.17, 15) is 0 Å². The monoisotopic (exact) mass is 112 g/mol. The van der Waals surface area contributed by atoms with Crippen LogP contribution in [0.4, 0.5) is 0 Å². The molecule has 2 nitrogen and oxygen atoms in total. The molecule has 1 saturated heterocycles. The molecule has 1 aliphatic rings. The summed E-state index contributed by atoms with van der Waals surface area (Å²) in [7, 11) is 2.00. The molecule has 0 atom stereocenters. The topological polar surface area (TPSA) is 15.3 Å². The summed E-state index contributed by atoms with van der Waals surface area (Å²) in [5, 5.41) is 1.99. The van der Waals surface area contributed by atoms with Crippen molar-refractivity contribution in [3.05, 3.63) is 12.3 Å². The molecular weight excluding hydrogens is 100 g/mol. The zero-order valence-corrected chi connectivity index (χ0v) is 5.28. The lowest BCUT2D eigenvalue weighted by molar-refractivity contribution is 0.255. The first-order valence-corrected chi connectivity index (χ1v) is 2.96. The van der Waals surface area contributed by atoms with Gasteiger partial charge in [0.15, 0.2) is 0 Å². The normalized spacial score (nSPS) is 21.6. The number of hydrogen-bond acceptors (Lipinski definition) is 2. The van der Waals surface area contributed by atoms with E-state index in [4.69, 9.17) is 0 Å². The molecule has 0 spiro atoms. The lowest BCUT2D eigenvalue weighted by atomic mass is 10.2. The van der Waals surface area contributed by atoms with E-state index >= 15 is 0 Å². The van der Waals surface area contributed by atoms with Crippen LogP contribution in [0.15, 0.2) is 12.3 Å². The summed E-state index contributed by atoms with van der Waals surface area (Å²) in [5.74, 6) is 0. The molecule has 0 aromatic rings. The number of allylic oxidation sites excluding steroid dienone is 1. The van der Waals surface area contributed by atoms with E-state index in [0.29, 0.717) is 0 Å². The van der Waals surface area contributed by atoms with E-state index in [1.54, 1.807) is 0 Å². The Kier molecular flexibility index (Phi) is 1.53. The Morgan fingerprint density at radius 2 is 2.50 bits per heavy atom. The molecule has 46 valence electrons. The van der Waals surface area contributed by atoms with Gasteiger partial charge in [0.2, 0.25) is 0 Å². The van der Waals surface area contributed by atoms with E-state index < -0.39 is 0 Å². The zero-order chi connectivity index (χ0) is 5.98. The number of hydrazine groups is 1. The number of rotatable bonds is 0. The molecule has 1 fully saturated rings. The molecule has 0 radical (unpaired) electrons. The van der Waals surface area contributed by atoms with Gasteiger partial charge in [-0.2, -0.15) is 0 Å². The average molecular weight is 112 g/mol. The van der Waals surface area contributed by atoms with Crippen LogP contribution in [-0.2, 0) is 0 Å². The Morgan fingerprint density at radius 3 is 2.88 bits per heavy atom. The third kappa shape index (κ3) is 1.01. The molecule has 0 unspecified atom stereocenters. The fraction of sp³-hybridized carbons (Fsp3) is 0.667. The summed E-state index contributed by atoms with van der Waals surface area (Å²) in [6, 6.07) is 0. The van der Waals surface area contributed by atoms with E-state index in [2.05, 4.69) is 12.0 Å². The van der Waals surface area contributed by atoms with Crippen molar-refractivity contribution in [1.29, 1.82) is 0 Å². The molecule has 1 rings (SSSR count). The number of nitrogens with zero attached hydrogens (tertiary/aromatic N) is 1. The SMILES string of the molecule is C=C1CCCNN1C. The molecule has 0 aromatic carbocycles. The maximum absolute atomic E-state index is 3.86. The standard InChI is InChI=1S/C6H12N2/c1-6-4-3-5-7-8(6)2/h7H,1,3-5H2,2H3. The van der Waals surface area contributed by atoms with Crippen LogP contribution in [0.2, 0.25) is 0 Å². The van der Waals surface area contributed by atoms with Gasteiger partial charge in [-0.05, 0) is 12.8 Å². The quantitative estimate of drug-likeness (QED) is 0.497. The maximum Gasteiger partial charge on any atom is 0.0228 e. The smallest absolute Gasteiger partial charge is 0.0228 e. The molecule has 1 heterocycles. The van der Waals surface area contributed by atoms with Crippen molar-refractivity contribution < 1.29 is 0 Å². The Morgan fingerprint density at radius 1 is 1.75 bits per heavy atom. The second kappa shape index (κ2) is 2.18. The fourth-order valence-electron chi connectivity index (χ4n) is 0.819. The Labute approximate surface area is 50.1 Å². The van der Waals surface area contributed by atoms with Crippen molar-refractivity contribution in [3.63, 3.8) is 0 Å². The minimum atomic E-state index is 1.09. The summed E-state index contributed by atoms with van der Waals surface area (Å²) >= 11 is 0. The van der Waals surface area contributed by atoms with Gasteiger partial charge in [-0.3, -0.25) is 0 Å². The second-order valence-electron chi connectivity index (χ2n) is 2.14. The molecule has 8 heavy (non-hydrogen) atoms. The van der Waals surface area contributed by atoms with E-state index in [0.717, 1.165) is 13.0 Å². The van der Waals surface area contributed by atoms with Crippen molar-refractivity contribution in [1.82, 2.24) is 10.4 Å². The van der Waals surface area contributed by atoms with Gasteiger partial charge in [0, 0.05) is 19.3 Å². The summed E-state index contributed by atoms with van der Waals surface area (Å²) in [6.45, 7) is 4.95. The van der Waals surface area contributed by atoms with Crippen LogP contribution < -0.4 is 5.43 Å². The summed E-state index contributed by atoms with van der Waals surface area (Å²) in [4.78, 5) is 0. The van der Waals surface area contributed by atoms with Crippen LogP contribution in [0.3, 0.4) is 0 Å². The minimum absolute atomic E-state index is 1.09. The van der Waals surface area contributed by atoms with Crippen LogP contribution in [0.1, 0.15) is 12.8 Å². The average Bonchev–Trinajstić information content (AvgIpc) is 1.77. The second-order valence-corrected chi connectivity index (χ2v) is 2.14. The summed E-state index contributed by atoms with van der Waals surface area (Å²) in [6.07, 6.45) is 2.37. The highest BCUT2D eigenvalue weighted by Gasteiger charge is 2.05. The molecule has 0 aromatic heterocycles. The zero-order valence-electron chi connectivity index (χ0n) is 5.28. The Balaban J connectivity index is 2.39. The van der Waals surface area contributed by atoms with Crippen molar-refractivity contribution in [2.24, 2.45) is 0 Å². The van der Waals surface area contributed by atoms with Crippen LogP contribution in [-0.4, -0.2) is 18.6 Å². The van der Waals surface area contributed by atoms with Crippen molar-refractivity contribution in [3.8, 4) is 0 Å². The van der Waals surface area contributed by atoms with Crippen LogP contribution in [0, 0.1) is 0 Å². The molecule has 0 saturated carbocycles. The van der Waals surface area contributed by atoms with E-state index in [1.165, 1.54) is 12.1 Å². The largest absolute Gasteiger partial charge is 0.316 e. The van der Waals surface area contributed by atoms with Gasteiger partial charge in [-0.25, -0.2) is 5.43 Å². The number of hydrogen-bond donors (Lipinski definition) is 1.